The maximum absolute atomic E-state index is 14.2. The van der Waals surface area contributed by atoms with Crippen LogP contribution in [0.1, 0.15) is 17.7 Å². The molecule has 8 heteroatoms. The molecule has 2 aromatic heterocycles. The number of nitrogens with zero attached hydrogens (tertiary/aromatic N) is 2. The summed E-state index contributed by atoms with van der Waals surface area (Å²) in [6, 6.07) is 16.3. The van der Waals surface area contributed by atoms with Crippen LogP contribution in [0.3, 0.4) is 0 Å². The van der Waals surface area contributed by atoms with E-state index in [1.54, 1.807) is 54.6 Å². The van der Waals surface area contributed by atoms with E-state index in [1.807, 2.05) is 0 Å². The van der Waals surface area contributed by atoms with Crippen LogP contribution in [0.15, 0.2) is 80.9 Å². The van der Waals surface area contributed by atoms with Gasteiger partial charge in [-0.1, -0.05) is 30.3 Å². The van der Waals surface area contributed by atoms with Crippen LogP contribution in [0.5, 0.6) is 0 Å². The highest BCUT2D eigenvalue weighted by Gasteiger charge is 2.15. The Morgan fingerprint density at radius 2 is 1.74 bits per heavy atom. The molecule has 0 saturated carbocycles. The largest absolute Gasteiger partial charge is 0.467 e. The Balaban J connectivity index is 1.64. The lowest BCUT2D eigenvalue weighted by Gasteiger charge is -2.14. The number of hydrogen-bond acceptors (Lipinski definition) is 4. The highest BCUT2D eigenvalue weighted by atomic mass is 19.1. The number of aromatic nitrogens is 2. The van der Waals surface area contributed by atoms with Crippen molar-refractivity contribution in [2.75, 3.05) is 0 Å². The average Bonchev–Trinajstić information content (AvgIpc) is 3.30. The lowest BCUT2D eigenvalue weighted by molar-refractivity contribution is -0.121. The van der Waals surface area contributed by atoms with E-state index in [0.717, 1.165) is 4.57 Å². The minimum atomic E-state index is -0.592. The number of amides is 1. The van der Waals surface area contributed by atoms with E-state index in [4.69, 9.17) is 4.42 Å². The van der Waals surface area contributed by atoms with Gasteiger partial charge in [-0.2, -0.15) is 0 Å². The van der Waals surface area contributed by atoms with Crippen LogP contribution in [-0.4, -0.2) is 15.0 Å². The van der Waals surface area contributed by atoms with Gasteiger partial charge in [0.1, 0.15) is 11.6 Å². The molecule has 0 fully saturated rings. The second-order valence-electron chi connectivity index (χ2n) is 7.04. The summed E-state index contributed by atoms with van der Waals surface area (Å²) in [7, 11) is 0. The van der Waals surface area contributed by atoms with Gasteiger partial charge in [-0.3, -0.25) is 18.7 Å². The van der Waals surface area contributed by atoms with E-state index in [1.165, 1.54) is 16.9 Å². The third-order valence-electron chi connectivity index (χ3n) is 5.02. The van der Waals surface area contributed by atoms with Crippen LogP contribution < -0.4 is 16.6 Å². The van der Waals surface area contributed by atoms with E-state index in [2.05, 4.69) is 5.32 Å². The number of carbonyl (C=O) groups excluding carboxylic acids is 1. The molecule has 4 aromatic rings. The monoisotopic (exact) mass is 421 g/mol. The highest BCUT2D eigenvalue weighted by Crippen LogP contribution is 2.12. The lowest BCUT2D eigenvalue weighted by atomic mass is 10.2. The number of hydrogen-bond donors (Lipinski definition) is 1. The van der Waals surface area contributed by atoms with Gasteiger partial charge >= 0.3 is 5.69 Å². The molecule has 1 amide bonds. The zero-order valence-electron chi connectivity index (χ0n) is 16.6. The molecule has 0 radical (unpaired) electrons. The molecule has 0 saturated heterocycles. The number of carbonyl (C=O) groups is 1. The molecule has 2 aromatic carbocycles. The number of rotatable bonds is 7. The molecule has 4 rings (SSSR count). The van der Waals surface area contributed by atoms with E-state index in [9.17, 15) is 18.8 Å². The van der Waals surface area contributed by atoms with Gasteiger partial charge in [-0.25, -0.2) is 9.18 Å². The van der Waals surface area contributed by atoms with Crippen molar-refractivity contribution in [1.29, 1.82) is 0 Å². The minimum Gasteiger partial charge on any atom is -0.467 e. The maximum Gasteiger partial charge on any atom is 0.331 e. The third-order valence-corrected chi connectivity index (χ3v) is 5.02. The number of halogens is 1. The minimum absolute atomic E-state index is 0.0308. The van der Waals surface area contributed by atoms with Crippen molar-refractivity contribution in [1.82, 2.24) is 14.5 Å². The Morgan fingerprint density at radius 3 is 2.52 bits per heavy atom. The van der Waals surface area contributed by atoms with Crippen molar-refractivity contribution in [2.45, 2.75) is 26.1 Å². The van der Waals surface area contributed by atoms with Gasteiger partial charge < -0.3 is 9.73 Å². The van der Waals surface area contributed by atoms with Crippen LogP contribution in [0.2, 0.25) is 0 Å². The van der Waals surface area contributed by atoms with Gasteiger partial charge in [-0.05, 0) is 30.3 Å². The summed E-state index contributed by atoms with van der Waals surface area (Å²) in [6.45, 7) is 0.0940. The smallest absolute Gasteiger partial charge is 0.331 e. The van der Waals surface area contributed by atoms with Gasteiger partial charge in [0.25, 0.3) is 5.56 Å². The molecule has 0 bridgehead atoms. The van der Waals surface area contributed by atoms with Crippen LogP contribution in [-0.2, 0) is 24.4 Å². The average molecular weight is 421 g/mol. The first-order valence-electron chi connectivity index (χ1n) is 9.79. The van der Waals surface area contributed by atoms with Crippen LogP contribution in [0, 0.1) is 5.82 Å². The van der Waals surface area contributed by atoms with Crippen LogP contribution >= 0.6 is 0 Å². The Bertz CT molecular complexity index is 1340. The molecular weight excluding hydrogens is 401 g/mol. The van der Waals surface area contributed by atoms with Gasteiger partial charge in [0, 0.05) is 18.5 Å². The van der Waals surface area contributed by atoms with Crippen molar-refractivity contribution >= 4 is 16.8 Å². The van der Waals surface area contributed by atoms with Gasteiger partial charge in [0.15, 0.2) is 0 Å². The molecule has 0 spiro atoms. The molecule has 158 valence electrons. The Labute approximate surface area is 176 Å². The predicted octanol–water partition coefficient (Wildman–Crippen LogP) is 2.65. The fraction of sp³-hybridized carbons (Fsp3) is 0.174. The van der Waals surface area contributed by atoms with Crippen LogP contribution in [0.25, 0.3) is 10.9 Å². The molecule has 0 atom stereocenters. The summed E-state index contributed by atoms with van der Waals surface area (Å²) in [5.41, 5.74) is -0.328. The fourth-order valence-electron chi connectivity index (χ4n) is 3.42. The summed E-state index contributed by atoms with van der Waals surface area (Å²) in [5, 5.41) is 3.02. The lowest BCUT2D eigenvalue weighted by Crippen LogP contribution is -2.41. The second kappa shape index (κ2) is 8.83. The quantitative estimate of drug-likeness (QED) is 0.497. The second-order valence-corrected chi connectivity index (χ2v) is 7.04. The standard InChI is InChI=1S/C23H20FN3O4/c24-19-9-3-1-6-16(19)15-27-20-10-4-2-8-18(20)22(29)26(23(27)30)12-11-21(28)25-14-17-7-5-13-31-17/h1-10,13H,11-12,14-15H2,(H,25,28). The summed E-state index contributed by atoms with van der Waals surface area (Å²) >= 11 is 0. The van der Waals surface area contributed by atoms with Crippen LogP contribution in [0.4, 0.5) is 4.39 Å². The molecule has 0 aliphatic rings. The first kappa shape index (κ1) is 20.3. The van der Waals surface area contributed by atoms with Crippen molar-refractivity contribution in [3.05, 3.63) is 105 Å². The van der Waals surface area contributed by atoms with E-state index in [-0.39, 0.29) is 32.0 Å². The van der Waals surface area contributed by atoms with Crippen molar-refractivity contribution in [3.63, 3.8) is 0 Å². The number of nitrogens with one attached hydrogen (secondary N) is 1. The fourth-order valence-corrected chi connectivity index (χ4v) is 3.42. The van der Waals surface area contributed by atoms with Crippen molar-refractivity contribution < 1.29 is 13.6 Å². The molecule has 31 heavy (non-hydrogen) atoms. The van der Waals surface area contributed by atoms with Gasteiger partial charge in [0.2, 0.25) is 5.91 Å². The van der Waals surface area contributed by atoms with E-state index < -0.39 is 17.1 Å². The normalized spacial score (nSPS) is 11.0. The van der Waals surface area contributed by atoms with E-state index in [0.29, 0.717) is 22.2 Å². The van der Waals surface area contributed by atoms with E-state index >= 15 is 0 Å². The zero-order chi connectivity index (χ0) is 21.8. The summed E-state index contributed by atoms with van der Waals surface area (Å²) < 4.78 is 21.7. The summed E-state index contributed by atoms with van der Waals surface area (Å²) in [6.07, 6.45) is 1.45. The Morgan fingerprint density at radius 1 is 0.968 bits per heavy atom. The summed E-state index contributed by atoms with van der Waals surface area (Å²) in [5.74, 6) is -0.159. The maximum atomic E-state index is 14.2. The highest BCUT2D eigenvalue weighted by molar-refractivity contribution is 5.78. The molecular formula is C23H20FN3O4. The first-order valence-corrected chi connectivity index (χ1v) is 9.79. The van der Waals surface area contributed by atoms with Crippen molar-refractivity contribution in [2.24, 2.45) is 0 Å². The molecule has 1 N–H and O–H groups in total. The summed E-state index contributed by atoms with van der Waals surface area (Å²) in [4.78, 5) is 38.2. The molecule has 0 aliphatic heterocycles. The number of para-hydroxylation sites is 1. The number of benzene rings is 2. The Hall–Kier alpha value is -3.94. The van der Waals surface area contributed by atoms with Gasteiger partial charge in [-0.15, -0.1) is 0 Å². The predicted molar refractivity (Wildman–Crippen MR) is 113 cm³/mol. The van der Waals surface area contributed by atoms with Gasteiger partial charge in [0.05, 0.1) is 30.3 Å². The Kier molecular flexibility index (Phi) is 5.79. The first-order chi connectivity index (χ1) is 15.0. The molecule has 2 heterocycles. The molecule has 0 unspecified atom stereocenters. The molecule has 7 nitrogen and oxygen atoms in total. The zero-order valence-corrected chi connectivity index (χ0v) is 16.6. The topological polar surface area (TPSA) is 86.2 Å². The number of furan rings is 1. The molecule has 0 aliphatic carbocycles. The van der Waals surface area contributed by atoms with Crippen molar-refractivity contribution in [3.8, 4) is 0 Å². The third kappa shape index (κ3) is 4.32. The SMILES string of the molecule is O=C(CCn1c(=O)c2ccccc2n(Cc2ccccc2F)c1=O)NCc1ccco1. The number of fused-ring (bicyclic) bond motifs is 1.